The van der Waals surface area contributed by atoms with Crippen LogP contribution in [0.25, 0.3) is 0 Å². The summed E-state index contributed by atoms with van der Waals surface area (Å²) in [5, 5.41) is 13.1. The Morgan fingerprint density at radius 3 is 2.63 bits per heavy atom. The minimum atomic E-state index is -1.13. The summed E-state index contributed by atoms with van der Waals surface area (Å²) in [6.07, 6.45) is -0.253. The second kappa shape index (κ2) is 6.25. The third-order valence-electron chi connectivity index (χ3n) is 2.23. The highest BCUT2D eigenvalue weighted by molar-refractivity contribution is 7.09. The molecule has 1 rings (SSSR count). The van der Waals surface area contributed by atoms with Gasteiger partial charge in [-0.2, -0.15) is 0 Å². The Morgan fingerprint density at radius 2 is 2.16 bits per heavy atom. The highest BCUT2D eigenvalue weighted by atomic mass is 32.1. The smallest absolute Gasteiger partial charge is 0.355 e. The van der Waals surface area contributed by atoms with E-state index >= 15 is 0 Å². The molecule has 0 aliphatic rings. The summed E-state index contributed by atoms with van der Waals surface area (Å²) in [7, 11) is 0. The quantitative estimate of drug-likeness (QED) is 0.539. The first-order valence-corrected chi connectivity index (χ1v) is 6.22. The number of carboxylic acid groups (broad SMARTS) is 1. The molecule has 0 aliphatic heterocycles. The molecule has 0 radical (unpaired) electrons. The minimum Gasteiger partial charge on any atom is -0.476 e. The van der Waals surface area contributed by atoms with Crippen LogP contribution < -0.4 is 16.8 Å². The molecule has 1 heterocycles. The molecular formula is C10H14N4O4S. The average molecular weight is 286 g/mol. The number of carboxylic acids is 1. The number of hydrogen-bond acceptors (Lipinski definition) is 6. The molecule has 0 saturated heterocycles. The highest BCUT2D eigenvalue weighted by Gasteiger charge is 2.20. The van der Waals surface area contributed by atoms with Crippen molar-refractivity contribution >= 4 is 29.1 Å². The van der Waals surface area contributed by atoms with Gasteiger partial charge in [-0.3, -0.25) is 9.59 Å². The predicted molar refractivity (Wildman–Crippen MR) is 67.4 cm³/mol. The van der Waals surface area contributed by atoms with E-state index in [1.165, 1.54) is 5.38 Å². The molecule has 6 N–H and O–H groups in total. The van der Waals surface area contributed by atoms with Crippen LogP contribution in [0.1, 0.15) is 34.9 Å². The van der Waals surface area contributed by atoms with E-state index in [2.05, 4.69) is 10.3 Å². The van der Waals surface area contributed by atoms with Crippen LogP contribution in [-0.4, -0.2) is 33.9 Å². The largest absolute Gasteiger partial charge is 0.476 e. The van der Waals surface area contributed by atoms with Crippen LogP contribution in [0.2, 0.25) is 0 Å². The lowest BCUT2D eigenvalue weighted by atomic mass is 10.2. The second-order valence-corrected chi connectivity index (χ2v) is 4.77. The van der Waals surface area contributed by atoms with E-state index < -0.39 is 29.9 Å². The van der Waals surface area contributed by atoms with Crippen molar-refractivity contribution < 1.29 is 19.5 Å². The van der Waals surface area contributed by atoms with Crippen LogP contribution in [0.4, 0.5) is 0 Å². The van der Waals surface area contributed by atoms with E-state index in [4.69, 9.17) is 16.6 Å². The van der Waals surface area contributed by atoms with Crippen LogP contribution in [0.15, 0.2) is 5.38 Å². The molecule has 1 aromatic rings. The van der Waals surface area contributed by atoms with Gasteiger partial charge < -0.3 is 21.9 Å². The van der Waals surface area contributed by atoms with Crippen molar-refractivity contribution in [3.63, 3.8) is 0 Å². The van der Waals surface area contributed by atoms with Crippen LogP contribution >= 0.6 is 11.3 Å². The van der Waals surface area contributed by atoms with Gasteiger partial charge in [0.05, 0.1) is 18.5 Å². The van der Waals surface area contributed by atoms with Gasteiger partial charge >= 0.3 is 5.97 Å². The fraction of sp³-hybridized carbons (Fsp3) is 0.400. The molecule has 2 atom stereocenters. The molecule has 19 heavy (non-hydrogen) atoms. The third-order valence-corrected chi connectivity index (χ3v) is 3.26. The number of nitrogens with one attached hydrogen (secondary N) is 1. The van der Waals surface area contributed by atoms with Crippen molar-refractivity contribution in [1.82, 2.24) is 10.3 Å². The number of primary amides is 1. The number of carbonyl (C=O) groups is 3. The Hall–Kier alpha value is -2.00. The van der Waals surface area contributed by atoms with Crippen LogP contribution in [0, 0.1) is 0 Å². The van der Waals surface area contributed by atoms with Crippen molar-refractivity contribution in [2.45, 2.75) is 25.4 Å². The van der Waals surface area contributed by atoms with Crippen molar-refractivity contribution in [3.8, 4) is 0 Å². The molecule has 0 bridgehead atoms. The van der Waals surface area contributed by atoms with E-state index in [9.17, 15) is 14.4 Å². The normalized spacial score (nSPS) is 13.6. The maximum Gasteiger partial charge on any atom is 0.355 e. The summed E-state index contributed by atoms with van der Waals surface area (Å²) in [5.74, 6) is -2.34. The molecule has 8 nitrogen and oxygen atoms in total. The molecule has 0 aromatic carbocycles. The van der Waals surface area contributed by atoms with Crippen molar-refractivity contribution in [2.24, 2.45) is 11.5 Å². The molecule has 9 heteroatoms. The number of thiazole rings is 1. The van der Waals surface area contributed by atoms with Gasteiger partial charge in [0.15, 0.2) is 5.69 Å². The molecule has 1 aromatic heterocycles. The van der Waals surface area contributed by atoms with E-state index in [1.807, 2.05) is 0 Å². The maximum absolute atomic E-state index is 11.6. The molecule has 0 aliphatic carbocycles. The van der Waals surface area contributed by atoms with Gasteiger partial charge in [0.1, 0.15) is 5.01 Å². The van der Waals surface area contributed by atoms with E-state index in [0.717, 1.165) is 11.3 Å². The van der Waals surface area contributed by atoms with E-state index in [-0.39, 0.29) is 12.1 Å². The third kappa shape index (κ3) is 4.30. The van der Waals surface area contributed by atoms with E-state index in [1.54, 1.807) is 6.92 Å². The fourth-order valence-electron chi connectivity index (χ4n) is 1.28. The van der Waals surface area contributed by atoms with Crippen molar-refractivity contribution in [1.29, 1.82) is 0 Å². The summed E-state index contributed by atoms with van der Waals surface area (Å²) in [6.45, 7) is 1.64. The number of hydrogen-bond donors (Lipinski definition) is 4. The summed E-state index contributed by atoms with van der Waals surface area (Å²) >= 11 is 1.11. The first-order chi connectivity index (χ1) is 8.81. The predicted octanol–water partition coefficient (Wildman–Crippen LogP) is -0.779. The van der Waals surface area contributed by atoms with Gasteiger partial charge in [-0.05, 0) is 6.92 Å². The molecular weight excluding hydrogens is 272 g/mol. The molecule has 2 unspecified atom stereocenters. The number of amides is 2. The van der Waals surface area contributed by atoms with Crippen molar-refractivity contribution in [3.05, 3.63) is 16.1 Å². The van der Waals surface area contributed by atoms with Gasteiger partial charge in [0, 0.05) is 5.38 Å². The molecule has 0 saturated carbocycles. The average Bonchev–Trinajstić information content (AvgIpc) is 2.77. The van der Waals surface area contributed by atoms with E-state index in [0.29, 0.717) is 5.01 Å². The maximum atomic E-state index is 11.6. The Labute approximate surface area is 112 Å². The SMILES string of the molecule is CC(NC(=O)C(N)CC(N)=O)c1nc(C(=O)O)cs1. The molecule has 104 valence electrons. The lowest BCUT2D eigenvalue weighted by Crippen LogP contribution is -2.43. The van der Waals surface area contributed by atoms with Crippen LogP contribution in [0.5, 0.6) is 0 Å². The molecule has 0 fully saturated rings. The Balaban J connectivity index is 2.63. The topological polar surface area (TPSA) is 148 Å². The van der Waals surface area contributed by atoms with Crippen LogP contribution in [-0.2, 0) is 9.59 Å². The number of nitrogens with two attached hydrogens (primary N) is 2. The summed E-state index contributed by atoms with van der Waals surface area (Å²) in [5.41, 5.74) is 10.3. The fourth-order valence-corrected chi connectivity index (χ4v) is 2.08. The number of nitrogens with zero attached hydrogens (tertiary/aromatic N) is 1. The zero-order valence-electron chi connectivity index (χ0n) is 10.1. The zero-order valence-corrected chi connectivity index (χ0v) is 10.9. The second-order valence-electron chi connectivity index (χ2n) is 3.88. The number of aromatic nitrogens is 1. The lowest BCUT2D eigenvalue weighted by molar-refractivity contribution is -0.126. The number of aromatic carboxylic acids is 1. The zero-order chi connectivity index (χ0) is 14.6. The Morgan fingerprint density at radius 1 is 1.53 bits per heavy atom. The first-order valence-electron chi connectivity index (χ1n) is 5.34. The number of carbonyl (C=O) groups excluding carboxylic acids is 2. The first kappa shape index (κ1) is 15.1. The monoisotopic (exact) mass is 286 g/mol. The van der Waals surface area contributed by atoms with Gasteiger partial charge in [0.2, 0.25) is 11.8 Å². The summed E-state index contributed by atoms with van der Waals surface area (Å²) < 4.78 is 0. The molecule has 2 amide bonds. The Kier molecular flexibility index (Phi) is 4.95. The summed E-state index contributed by atoms with van der Waals surface area (Å²) in [6, 6.07) is -1.52. The molecule has 0 spiro atoms. The highest BCUT2D eigenvalue weighted by Crippen LogP contribution is 2.18. The van der Waals surface area contributed by atoms with Crippen LogP contribution in [0.3, 0.4) is 0 Å². The van der Waals surface area contributed by atoms with Gasteiger partial charge in [0.25, 0.3) is 0 Å². The van der Waals surface area contributed by atoms with Crippen molar-refractivity contribution in [2.75, 3.05) is 0 Å². The minimum absolute atomic E-state index is 0.0810. The van der Waals surface area contributed by atoms with Gasteiger partial charge in [-0.15, -0.1) is 11.3 Å². The number of rotatable bonds is 6. The van der Waals surface area contributed by atoms with Gasteiger partial charge in [-0.25, -0.2) is 9.78 Å². The van der Waals surface area contributed by atoms with Gasteiger partial charge in [-0.1, -0.05) is 0 Å². The Bertz CT molecular complexity index is 501. The lowest BCUT2D eigenvalue weighted by Gasteiger charge is -2.14. The standard InChI is InChI=1S/C10H14N4O4S/c1-4(9-14-6(3-19-9)10(17)18)13-8(16)5(11)2-7(12)15/h3-5H,2,11H2,1H3,(H2,12,15)(H,13,16)(H,17,18). The summed E-state index contributed by atoms with van der Waals surface area (Å²) in [4.78, 5) is 36.8.